The normalized spacial score (nSPS) is 12.3. The Morgan fingerprint density at radius 1 is 1.00 bits per heavy atom. The summed E-state index contributed by atoms with van der Waals surface area (Å²) in [6.07, 6.45) is 5.17. The van der Waals surface area contributed by atoms with Crippen LogP contribution < -0.4 is 4.57 Å². The SMILES string of the molecule is Clc1ccc(COC(c2ccc(Cl)cc2Cl)[n+]2cc[nH]c2)cc1. The minimum Gasteiger partial charge on any atom is -0.331 e. The van der Waals surface area contributed by atoms with Gasteiger partial charge >= 0.3 is 0 Å². The number of aromatic nitrogens is 2. The molecule has 1 unspecified atom stereocenters. The zero-order valence-electron chi connectivity index (χ0n) is 12.0. The molecule has 6 heteroatoms. The van der Waals surface area contributed by atoms with Gasteiger partial charge in [0.05, 0.1) is 11.6 Å². The van der Waals surface area contributed by atoms with Crippen molar-refractivity contribution >= 4 is 34.8 Å². The molecule has 1 aromatic heterocycles. The van der Waals surface area contributed by atoms with Gasteiger partial charge in [-0.2, -0.15) is 0 Å². The van der Waals surface area contributed by atoms with Crippen molar-refractivity contribution < 1.29 is 9.30 Å². The molecule has 3 rings (SSSR count). The molecule has 118 valence electrons. The van der Waals surface area contributed by atoms with Crippen molar-refractivity contribution in [3.63, 3.8) is 0 Å². The molecule has 0 radical (unpaired) electrons. The topological polar surface area (TPSA) is 28.9 Å². The van der Waals surface area contributed by atoms with E-state index >= 15 is 0 Å². The highest BCUT2D eigenvalue weighted by Gasteiger charge is 2.22. The van der Waals surface area contributed by atoms with Gasteiger partial charge in [-0.3, -0.25) is 4.98 Å². The third-order valence-corrected chi connectivity index (χ3v) is 4.20. The Bertz CT molecular complexity index is 773. The number of rotatable bonds is 5. The minimum absolute atomic E-state index is 0.360. The van der Waals surface area contributed by atoms with E-state index in [0.29, 0.717) is 21.7 Å². The largest absolute Gasteiger partial charge is 0.331 e. The highest BCUT2D eigenvalue weighted by atomic mass is 35.5. The van der Waals surface area contributed by atoms with E-state index < -0.39 is 0 Å². The number of nitrogens with one attached hydrogen (secondary N) is 1. The molecule has 0 fully saturated rings. The number of ether oxygens (including phenoxy) is 1. The Morgan fingerprint density at radius 3 is 2.39 bits per heavy atom. The summed E-state index contributed by atoms with van der Waals surface area (Å²) < 4.78 is 8.00. The van der Waals surface area contributed by atoms with Gasteiger partial charge in [0.1, 0.15) is 12.4 Å². The number of aromatic amines is 1. The Balaban J connectivity index is 1.86. The van der Waals surface area contributed by atoms with E-state index in [1.54, 1.807) is 12.1 Å². The number of imidazole rings is 1. The standard InChI is InChI=1S/C17H13Cl3N2O/c18-13-3-1-12(2-4-13)10-23-17(22-8-7-21-11-22)15-6-5-14(19)9-16(15)20/h1-9,11,17H,10H2/p+1. The van der Waals surface area contributed by atoms with Crippen molar-refractivity contribution in [3.8, 4) is 0 Å². The lowest BCUT2D eigenvalue weighted by molar-refractivity contribution is -0.752. The summed E-state index contributed by atoms with van der Waals surface area (Å²) in [5.74, 6) is 0. The first-order chi connectivity index (χ1) is 11.1. The first-order valence-electron chi connectivity index (χ1n) is 6.98. The second-order valence-electron chi connectivity index (χ2n) is 5.01. The lowest BCUT2D eigenvalue weighted by atomic mass is 10.2. The van der Waals surface area contributed by atoms with Crippen molar-refractivity contribution in [1.29, 1.82) is 0 Å². The third kappa shape index (κ3) is 4.06. The number of benzene rings is 2. The average molecular weight is 369 g/mol. The Kier molecular flexibility index (Phi) is 5.23. The van der Waals surface area contributed by atoms with Crippen molar-refractivity contribution in [1.82, 2.24) is 4.98 Å². The number of nitrogens with zero attached hydrogens (tertiary/aromatic N) is 1. The fraction of sp³-hybridized carbons (Fsp3) is 0.118. The van der Waals surface area contributed by atoms with E-state index in [9.17, 15) is 0 Å². The fourth-order valence-electron chi connectivity index (χ4n) is 2.24. The maximum Gasteiger partial charge on any atom is 0.243 e. The molecule has 1 atom stereocenters. The first kappa shape index (κ1) is 16.3. The van der Waals surface area contributed by atoms with Gasteiger partial charge in [-0.15, -0.1) is 0 Å². The van der Waals surface area contributed by atoms with Gasteiger partial charge in [-0.1, -0.05) is 46.9 Å². The maximum atomic E-state index is 6.34. The Morgan fingerprint density at radius 2 is 1.74 bits per heavy atom. The third-order valence-electron chi connectivity index (χ3n) is 3.39. The minimum atomic E-state index is -0.360. The van der Waals surface area contributed by atoms with Crippen LogP contribution in [0.1, 0.15) is 17.4 Å². The van der Waals surface area contributed by atoms with E-state index in [0.717, 1.165) is 11.1 Å². The lowest BCUT2D eigenvalue weighted by Gasteiger charge is -2.17. The molecule has 0 aliphatic carbocycles. The molecule has 1 N–H and O–H groups in total. The van der Waals surface area contributed by atoms with Gasteiger partial charge in [-0.25, -0.2) is 4.57 Å². The Hall–Kier alpha value is -1.52. The fourth-order valence-corrected chi connectivity index (χ4v) is 2.87. The van der Waals surface area contributed by atoms with Gasteiger partial charge in [0.15, 0.2) is 0 Å². The number of hydrogen-bond acceptors (Lipinski definition) is 1. The smallest absolute Gasteiger partial charge is 0.243 e. The van der Waals surface area contributed by atoms with Crippen LogP contribution in [0.3, 0.4) is 0 Å². The molecule has 0 saturated carbocycles. The van der Waals surface area contributed by atoms with Crippen molar-refractivity contribution in [2.24, 2.45) is 0 Å². The van der Waals surface area contributed by atoms with Crippen LogP contribution in [0, 0.1) is 0 Å². The van der Waals surface area contributed by atoms with Crippen LogP contribution in [0.15, 0.2) is 61.2 Å². The predicted molar refractivity (Wildman–Crippen MR) is 91.8 cm³/mol. The lowest BCUT2D eigenvalue weighted by Crippen LogP contribution is -2.39. The number of halogens is 3. The highest BCUT2D eigenvalue weighted by molar-refractivity contribution is 6.35. The van der Waals surface area contributed by atoms with Crippen molar-refractivity contribution in [3.05, 3.63) is 87.4 Å². The van der Waals surface area contributed by atoms with Crippen molar-refractivity contribution in [2.45, 2.75) is 12.8 Å². The van der Waals surface area contributed by atoms with Crippen LogP contribution in [0.2, 0.25) is 15.1 Å². The second-order valence-corrected chi connectivity index (χ2v) is 6.29. The molecule has 0 saturated heterocycles. The summed E-state index contributed by atoms with van der Waals surface area (Å²) in [5, 5.41) is 1.85. The van der Waals surface area contributed by atoms with E-state index in [-0.39, 0.29) is 6.23 Å². The van der Waals surface area contributed by atoms with Crippen LogP contribution in [0.5, 0.6) is 0 Å². The van der Waals surface area contributed by atoms with Gasteiger partial charge in [0.25, 0.3) is 0 Å². The molecular weight excluding hydrogens is 355 g/mol. The molecule has 0 bridgehead atoms. The maximum absolute atomic E-state index is 6.34. The molecule has 0 aliphatic rings. The molecular formula is C17H14Cl3N2O+. The summed E-state index contributed by atoms with van der Waals surface area (Å²) in [4.78, 5) is 3.01. The van der Waals surface area contributed by atoms with Crippen LogP contribution in [0.4, 0.5) is 0 Å². The zero-order chi connectivity index (χ0) is 16.2. The van der Waals surface area contributed by atoms with E-state index in [2.05, 4.69) is 4.98 Å². The zero-order valence-corrected chi connectivity index (χ0v) is 14.3. The van der Waals surface area contributed by atoms with Crippen molar-refractivity contribution in [2.75, 3.05) is 0 Å². The van der Waals surface area contributed by atoms with Gasteiger partial charge in [-0.05, 0) is 35.9 Å². The van der Waals surface area contributed by atoms with E-state index in [1.165, 1.54) is 0 Å². The quantitative estimate of drug-likeness (QED) is 0.629. The molecule has 2 aromatic carbocycles. The molecule has 0 spiro atoms. The molecule has 3 nitrogen and oxygen atoms in total. The molecule has 0 amide bonds. The van der Waals surface area contributed by atoms with E-state index in [1.807, 2.05) is 53.6 Å². The molecule has 23 heavy (non-hydrogen) atoms. The van der Waals surface area contributed by atoms with Crippen LogP contribution in [-0.4, -0.2) is 4.98 Å². The van der Waals surface area contributed by atoms with Gasteiger partial charge in [0.2, 0.25) is 12.6 Å². The molecule has 0 aliphatic heterocycles. The van der Waals surface area contributed by atoms with Gasteiger partial charge in [0, 0.05) is 15.6 Å². The first-order valence-corrected chi connectivity index (χ1v) is 8.11. The highest BCUT2D eigenvalue weighted by Crippen LogP contribution is 2.27. The summed E-state index contributed by atoms with van der Waals surface area (Å²) in [6, 6.07) is 12.9. The van der Waals surface area contributed by atoms with E-state index in [4.69, 9.17) is 39.5 Å². The van der Waals surface area contributed by atoms with Crippen LogP contribution in [-0.2, 0) is 11.3 Å². The summed E-state index contributed by atoms with van der Waals surface area (Å²) in [5.41, 5.74) is 1.87. The molecule has 3 aromatic rings. The van der Waals surface area contributed by atoms with Gasteiger partial charge < -0.3 is 4.74 Å². The molecule has 1 heterocycles. The number of H-pyrrole nitrogens is 1. The summed E-state index contributed by atoms with van der Waals surface area (Å²) in [7, 11) is 0. The average Bonchev–Trinajstić information content (AvgIpc) is 3.05. The monoisotopic (exact) mass is 367 g/mol. The number of hydrogen-bond donors (Lipinski definition) is 1. The van der Waals surface area contributed by atoms with Crippen LogP contribution in [0.25, 0.3) is 0 Å². The second kappa shape index (κ2) is 7.37. The summed E-state index contributed by atoms with van der Waals surface area (Å²) >= 11 is 18.2. The summed E-state index contributed by atoms with van der Waals surface area (Å²) in [6.45, 7) is 0.430. The predicted octanol–water partition coefficient (Wildman–Crippen LogP) is 5.03. The van der Waals surface area contributed by atoms with Crippen LogP contribution >= 0.6 is 34.8 Å². The Labute approximate surface area is 149 Å².